The highest BCUT2D eigenvalue weighted by atomic mass is 32.1. The van der Waals surface area contributed by atoms with E-state index in [-0.39, 0.29) is 0 Å². The van der Waals surface area contributed by atoms with E-state index in [0.29, 0.717) is 5.13 Å². The number of unbranched alkanes of at least 4 members (excludes halogenated alkanes) is 3. The highest BCUT2D eigenvalue weighted by Crippen LogP contribution is 2.27. The maximum atomic E-state index is 5.67. The van der Waals surface area contributed by atoms with Gasteiger partial charge in [-0.2, -0.15) is 0 Å². The van der Waals surface area contributed by atoms with Gasteiger partial charge in [-0.1, -0.05) is 24.2 Å². The largest absolute Gasteiger partial charge is 0.385 e. The van der Waals surface area contributed by atoms with Crippen LogP contribution in [0.25, 0.3) is 10.6 Å². The van der Waals surface area contributed by atoms with Crippen molar-refractivity contribution in [1.29, 1.82) is 0 Å². The van der Waals surface area contributed by atoms with Crippen molar-refractivity contribution in [1.82, 2.24) is 15.1 Å². The van der Waals surface area contributed by atoms with E-state index in [1.165, 1.54) is 49.3 Å². The first kappa shape index (κ1) is 19.1. The Labute approximate surface area is 160 Å². The minimum absolute atomic E-state index is 0.513. The Morgan fingerprint density at radius 1 is 1.00 bits per heavy atom. The molecule has 1 saturated heterocycles. The van der Waals surface area contributed by atoms with E-state index in [0.717, 1.165) is 43.4 Å². The second-order valence-corrected chi connectivity index (χ2v) is 7.74. The highest BCUT2D eigenvalue weighted by Gasteiger charge is 2.17. The molecular weight excluding hydrogens is 346 g/mol. The van der Waals surface area contributed by atoms with Gasteiger partial charge in [0.25, 0.3) is 0 Å². The minimum atomic E-state index is 0.513. The van der Waals surface area contributed by atoms with Gasteiger partial charge in [-0.05, 0) is 43.7 Å². The lowest BCUT2D eigenvalue weighted by Crippen LogP contribution is -2.46. The number of hydrogen-bond acceptors (Lipinski definition) is 7. The van der Waals surface area contributed by atoms with Gasteiger partial charge in [-0.3, -0.25) is 4.90 Å². The Morgan fingerprint density at radius 2 is 1.73 bits per heavy atom. The Kier molecular flexibility index (Phi) is 7.22. The summed E-state index contributed by atoms with van der Waals surface area (Å²) < 4.78 is 5.10. The van der Waals surface area contributed by atoms with Gasteiger partial charge in [0.05, 0.1) is 0 Å². The Morgan fingerprint density at radius 3 is 2.38 bits per heavy atom. The zero-order chi connectivity index (χ0) is 18.2. The number of benzene rings is 1. The third-order valence-electron chi connectivity index (χ3n) is 4.87. The molecule has 7 heteroatoms. The summed E-state index contributed by atoms with van der Waals surface area (Å²) >= 11 is 1.42. The summed E-state index contributed by atoms with van der Waals surface area (Å²) in [6.45, 7) is 6.59. The summed E-state index contributed by atoms with van der Waals surface area (Å²) in [5, 5.41) is 9.38. The summed E-state index contributed by atoms with van der Waals surface area (Å²) in [4.78, 5) is 5.05. The summed E-state index contributed by atoms with van der Waals surface area (Å²) in [5.41, 5.74) is 8.03. The highest BCUT2D eigenvalue weighted by molar-refractivity contribution is 7.18. The second kappa shape index (κ2) is 9.85. The van der Waals surface area contributed by atoms with Crippen LogP contribution in [0.5, 0.6) is 0 Å². The first-order valence-corrected chi connectivity index (χ1v) is 10.2. The number of anilines is 2. The van der Waals surface area contributed by atoms with Crippen LogP contribution in [-0.2, 0) is 4.74 Å². The monoisotopic (exact) mass is 375 g/mol. The lowest BCUT2D eigenvalue weighted by atomic mass is 10.1. The van der Waals surface area contributed by atoms with Crippen LogP contribution in [0.15, 0.2) is 24.3 Å². The Bertz CT molecular complexity index is 652. The fourth-order valence-electron chi connectivity index (χ4n) is 3.33. The summed E-state index contributed by atoms with van der Waals surface area (Å²) in [7, 11) is 1.78. The summed E-state index contributed by atoms with van der Waals surface area (Å²) in [6, 6.07) is 8.58. The zero-order valence-corrected chi connectivity index (χ0v) is 16.4. The van der Waals surface area contributed by atoms with Crippen LogP contribution in [0.2, 0.25) is 0 Å². The average Bonchev–Trinajstić information content (AvgIpc) is 3.12. The number of methoxy groups -OCH3 is 1. The molecule has 0 aliphatic carbocycles. The van der Waals surface area contributed by atoms with Crippen LogP contribution in [0.1, 0.15) is 25.7 Å². The SMILES string of the molecule is COCCCCCCN1CCN(c2ccc(-c3nnc(N)s3)cc2)CC1. The van der Waals surface area contributed by atoms with Crippen molar-refractivity contribution in [2.75, 3.05) is 57.1 Å². The number of aromatic nitrogens is 2. The van der Waals surface area contributed by atoms with Gasteiger partial charge >= 0.3 is 0 Å². The lowest BCUT2D eigenvalue weighted by molar-refractivity contribution is 0.190. The molecule has 2 heterocycles. The van der Waals surface area contributed by atoms with Crippen LogP contribution in [-0.4, -0.2) is 61.5 Å². The number of rotatable bonds is 9. The fraction of sp³-hybridized carbons (Fsp3) is 0.579. The van der Waals surface area contributed by atoms with Crippen LogP contribution in [0.4, 0.5) is 10.8 Å². The predicted octanol–water partition coefficient (Wildman–Crippen LogP) is 3.12. The van der Waals surface area contributed by atoms with Gasteiger partial charge in [0.1, 0.15) is 5.01 Å². The maximum absolute atomic E-state index is 5.67. The number of nitrogens with zero attached hydrogens (tertiary/aromatic N) is 4. The van der Waals surface area contributed by atoms with Crippen molar-refractivity contribution in [3.05, 3.63) is 24.3 Å². The molecule has 0 saturated carbocycles. The molecule has 0 atom stereocenters. The van der Waals surface area contributed by atoms with E-state index < -0.39 is 0 Å². The topological polar surface area (TPSA) is 67.5 Å². The van der Waals surface area contributed by atoms with Crippen LogP contribution < -0.4 is 10.6 Å². The normalized spacial score (nSPS) is 15.5. The molecule has 2 aromatic rings. The number of hydrogen-bond donors (Lipinski definition) is 1. The van der Waals surface area contributed by atoms with E-state index in [2.05, 4.69) is 44.3 Å². The molecule has 6 nitrogen and oxygen atoms in total. The van der Waals surface area contributed by atoms with Crippen molar-refractivity contribution >= 4 is 22.2 Å². The van der Waals surface area contributed by atoms with Crippen molar-refractivity contribution < 1.29 is 4.74 Å². The third-order valence-corrected chi connectivity index (χ3v) is 5.67. The Balaban J connectivity index is 1.40. The molecule has 0 unspecified atom stereocenters. The molecular formula is C19H29N5OS. The molecule has 0 radical (unpaired) electrons. The molecule has 26 heavy (non-hydrogen) atoms. The molecule has 2 N–H and O–H groups in total. The van der Waals surface area contributed by atoms with E-state index in [4.69, 9.17) is 10.5 Å². The molecule has 0 spiro atoms. The quantitative estimate of drug-likeness (QED) is 0.679. The zero-order valence-electron chi connectivity index (χ0n) is 15.6. The first-order chi connectivity index (χ1) is 12.8. The standard InChI is InChI=1S/C19H29N5OS/c1-25-15-5-3-2-4-10-23-11-13-24(14-12-23)17-8-6-16(7-9-17)18-21-22-19(20)26-18/h6-9H,2-5,10-15H2,1H3,(H2,20,22). The van der Waals surface area contributed by atoms with Gasteiger partial charge in [-0.15, -0.1) is 10.2 Å². The molecule has 1 aromatic heterocycles. The lowest BCUT2D eigenvalue weighted by Gasteiger charge is -2.36. The van der Waals surface area contributed by atoms with Crippen LogP contribution in [0.3, 0.4) is 0 Å². The number of piperazine rings is 1. The van der Waals surface area contributed by atoms with Crippen molar-refractivity contribution in [2.24, 2.45) is 0 Å². The smallest absolute Gasteiger partial charge is 0.203 e. The summed E-state index contributed by atoms with van der Waals surface area (Å²) in [5.74, 6) is 0. The second-order valence-electron chi connectivity index (χ2n) is 6.73. The molecule has 1 aliphatic rings. The maximum Gasteiger partial charge on any atom is 0.203 e. The fourth-order valence-corrected chi connectivity index (χ4v) is 3.95. The first-order valence-electron chi connectivity index (χ1n) is 9.42. The number of nitrogens with two attached hydrogens (primary N) is 1. The third kappa shape index (κ3) is 5.40. The van der Waals surface area contributed by atoms with Crippen molar-refractivity contribution in [2.45, 2.75) is 25.7 Å². The van der Waals surface area contributed by atoms with Crippen LogP contribution >= 0.6 is 11.3 Å². The average molecular weight is 376 g/mol. The van der Waals surface area contributed by atoms with Crippen molar-refractivity contribution in [3.8, 4) is 10.6 Å². The molecule has 1 aliphatic heterocycles. The van der Waals surface area contributed by atoms with Gasteiger partial charge in [0.2, 0.25) is 5.13 Å². The van der Waals surface area contributed by atoms with Gasteiger partial charge in [0.15, 0.2) is 0 Å². The minimum Gasteiger partial charge on any atom is -0.385 e. The van der Waals surface area contributed by atoms with E-state index in [1.807, 2.05) is 0 Å². The molecule has 0 amide bonds. The molecule has 0 bridgehead atoms. The van der Waals surface area contributed by atoms with Crippen molar-refractivity contribution in [3.63, 3.8) is 0 Å². The van der Waals surface area contributed by atoms with Gasteiger partial charge in [0, 0.05) is 51.1 Å². The van der Waals surface area contributed by atoms with Crippen LogP contribution in [0, 0.1) is 0 Å². The predicted molar refractivity (Wildman–Crippen MR) is 109 cm³/mol. The van der Waals surface area contributed by atoms with E-state index in [9.17, 15) is 0 Å². The Hall–Kier alpha value is -1.70. The molecule has 1 aromatic carbocycles. The number of ether oxygens (including phenoxy) is 1. The van der Waals surface area contributed by atoms with E-state index >= 15 is 0 Å². The molecule has 3 rings (SSSR count). The molecule has 1 fully saturated rings. The number of nitrogen functional groups attached to an aromatic ring is 1. The summed E-state index contributed by atoms with van der Waals surface area (Å²) in [6.07, 6.45) is 5.06. The molecule has 142 valence electrons. The van der Waals surface area contributed by atoms with Gasteiger partial charge in [-0.25, -0.2) is 0 Å². The van der Waals surface area contributed by atoms with Gasteiger partial charge < -0.3 is 15.4 Å². The van der Waals surface area contributed by atoms with E-state index in [1.54, 1.807) is 7.11 Å².